The Bertz CT molecular complexity index is 688. The van der Waals surface area contributed by atoms with E-state index in [1.54, 1.807) is 11.1 Å². The number of aliphatic hydroxyl groups is 1. The minimum absolute atomic E-state index is 0.0974. The molecule has 162 valence electrons. The zero-order valence-electron chi connectivity index (χ0n) is 17.7. The summed E-state index contributed by atoms with van der Waals surface area (Å²) in [6.07, 6.45) is 15.3. The fourth-order valence-corrected chi connectivity index (χ4v) is 7.90. The highest BCUT2D eigenvalue weighted by molar-refractivity contribution is 14.2. The molecule has 29 heavy (non-hydrogen) atoms. The molecule has 1 N–H and O–H groups in total. The minimum atomic E-state index is -0.127. The largest absolute Gasteiger partial charge is 0.393 e. The standard InChI is InChI=1S/C24H36IO3P/c1-24-15-17(6-4-2-3-5-13-28-29-25)23-19-10-8-18(26)14-16(19)7-9-20(23)21(24)11-12-22(24)27/h14,17,20-22,27,29H,2-13,15H2,1H3. The van der Waals surface area contributed by atoms with Crippen molar-refractivity contribution in [2.75, 3.05) is 6.61 Å². The topological polar surface area (TPSA) is 46.5 Å². The lowest BCUT2D eigenvalue weighted by Crippen LogP contribution is -2.45. The van der Waals surface area contributed by atoms with Crippen molar-refractivity contribution in [1.29, 1.82) is 0 Å². The van der Waals surface area contributed by atoms with Gasteiger partial charge in [-0.1, -0.05) is 31.8 Å². The second-order valence-electron chi connectivity index (χ2n) is 9.95. The van der Waals surface area contributed by atoms with Crippen LogP contribution in [0.3, 0.4) is 0 Å². The average molecular weight is 530 g/mol. The lowest BCUT2D eigenvalue weighted by atomic mass is 9.53. The quantitative estimate of drug-likeness (QED) is 0.216. The lowest BCUT2D eigenvalue weighted by molar-refractivity contribution is -0.114. The molecule has 0 aromatic heterocycles. The summed E-state index contributed by atoms with van der Waals surface area (Å²) in [6, 6.07) is 0. The van der Waals surface area contributed by atoms with Crippen LogP contribution in [-0.2, 0) is 9.32 Å². The van der Waals surface area contributed by atoms with E-state index in [2.05, 4.69) is 29.0 Å². The molecule has 0 amide bonds. The van der Waals surface area contributed by atoms with Crippen molar-refractivity contribution in [3.05, 3.63) is 22.8 Å². The predicted molar refractivity (Wildman–Crippen MR) is 128 cm³/mol. The Morgan fingerprint density at radius 3 is 2.83 bits per heavy atom. The van der Waals surface area contributed by atoms with Crippen LogP contribution in [-0.4, -0.2) is 23.6 Å². The van der Waals surface area contributed by atoms with Crippen LogP contribution in [0.4, 0.5) is 0 Å². The zero-order valence-corrected chi connectivity index (χ0v) is 20.9. The summed E-state index contributed by atoms with van der Waals surface area (Å²) < 4.78 is 5.49. The smallest absolute Gasteiger partial charge is 0.156 e. The van der Waals surface area contributed by atoms with Crippen molar-refractivity contribution in [2.45, 2.75) is 90.1 Å². The van der Waals surface area contributed by atoms with Crippen LogP contribution in [0.25, 0.3) is 0 Å². The van der Waals surface area contributed by atoms with Crippen LogP contribution >= 0.6 is 28.5 Å². The molecular formula is C24H36IO3P. The molecule has 0 spiro atoms. The van der Waals surface area contributed by atoms with Crippen molar-refractivity contribution in [2.24, 2.45) is 23.2 Å². The van der Waals surface area contributed by atoms with Gasteiger partial charge in [-0.25, -0.2) is 0 Å². The third kappa shape index (κ3) is 4.56. The van der Waals surface area contributed by atoms with Gasteiger partial charge in [-0.2, -0.15) is 0 Å². The minimum Gasteiger partial charge on any atom is -0.393 e. The summed E-state index contributed by atoms with van der Waals surface area (Å²) in [5.74, 6) is 2.22. The van der Waals surface area contributed by atoms with Gasteiger partial charge >= 0.3 is 0 Å². The number of unbranched alkanes of at least 4 members (excludes halogenated alkanes) is 3. The highest BCUT2D eigenvalue weighted by Crippen LogP contribution is 2.62. The lowest BCUT2D eigenvalue weighted by Gasteiger charge is -2.52. The van der Waals surface area contributed by atoms with Gasteiger partial charge in [-0.15, -0.1) is 0 Å². The molecule has 5 heteroatoms. The molecule has 0 saturated heterocycles. The molecule has 0 aromatic carbocycles. The van der Waals surface area contributed by atoms with E-state index < -0.39 is 0 Å². The monoisotopic (exact) mass is 530 g/mol. The second-order valence-corrected chi connectivity index (χ2v) is 11.7. The molecule has 0 radical (unpaired) electrons. The average Bonchev–Trinajstić information content (AvgIpc) is 3.01. The van der Waals surface area contributed by atoms with Gasteiger partial charge in [0.1, 0.15) is 0 Å². The van der Waals surface area contributed by atoms with Gasteiger partial charge in [0.25, 0.3) is 0 Å². The van der Waals surface area contributed by atoms with Gasteiger partial charge in [0, 0.05) is 6.42 Å². The third-order valence-electron chi connectivity index (χ3n) is 8.39. The number of halogens is 1. The number of carbonyl (C=O) groups excluding carboxylic acids is 1. The van der Waals surface area contributed by atoms with Crippen LogP contribution in [0.5, 0.6) is 0 Å². The van der Waals surface area contributed by atoms with Crippen LogP contribution in [0.1, 0.15) is 84.0 Å². The summed E-state index contributed by atoms with van der Waals surface area (Å²) >= 11 is 2.29. The molecule has 0 aromatic rings. The molecule has 0 aliphatic heterocycles. The normalized spacial score (nSPS) is 36.9. The second kappa shape index (κ2) is 9.79. The fraction of sp³-hybridized carbons (Fsp3) is 0.792. The van der Waals surface area contributed by atoms with Gasteiger partial charge in [0.05, 0.1) is 19.2 Å². The predicted octanol–water partition coefficient (Wildman–Crippen LogP) is 6.69. The number of fused-ring (bicyclic) bond motifs is 4. The Morgan fingerprint density at radius 1 is 1.17 bits per heavy atom. The summed E-state index contributed by atoms with van der Waals surface area (Å²) in [4.78, 5) is 12.0. The van der Waals surface area contributed by atoms with Gasteiger partial charge in [0.2, 0.25) is 0 Å². The molecular weight excluding hydrogens is 494 g/mol. The maximum Gasteiger partial charge on any atom is 0.156 e. The maximum atomic E-state index is 12.0. The van der Waals surface area contributed by atoms with Crippen molar-refractivity contribution in [3.8, 4) is 0 Å². The first-order chi connectivity index (χ1) is 14.0. The number of hydrogen-bond acceptors (Lipinski definition) is 3. The van der Waals surface area contributed by atoms with E-state index in [0.29, 0.717) is 36.4 Å². The van der Waals surface area contributed by atoms with E-state index in [1.807, 2.05) is 6.08 Å². The molecule has 3 nitrogen and oxygen atoms in total. The molecule has 0 heterocycles. The first kappa shape index (κ1) is 22.4. The number of carbonyl (C=O) groups is 1. The van der Waals surface area contributed by atoms with E-state index >= 15 is 0 Å². The van der Waals surface area contributed by atoms with Crippen molar-refractivity contribution < 1.29 is 14.4 Å². The number of hydrogen-bond donors (Lipinski definition) is 1. The highest BCUT2D eigenvalue weighted by Gasteiger charge is 2.55. The van der Waals surface area contributed by atoms with Gasteiger partial charge < -0.3 is 9.63 Å². The summed E-state index contributed by atoms with van der Waals surface area (Å²) in [5.41, 5.74) is 4.74. The Hall–Kier alpha value is 0.230. The molecule has 6 unspecified atom stereocenters. The fourth-order valence-electron chi connectivity index (χ4n) is 7.02. The Morgan fingerprint density at radius 2 is 2.00 bits per heavy atom. The van der Waals surface area contributed by atoms with Gasteiger partial charge in [-0.3, -0.25) is 4.79 Å². The third-order valence-corrected chi connectivity index (χ3v) is 9.64. The number of rotatable bonds is 8. The molecule has 4 aliphatic rings. The SMILES string of the molecule is CC12CC(CCCCCCOPI)C3=C4CCC(=O)C=C4CCC3C1CCC2O. The van der Waals surface area contributed by atoms with Crippen LogP contribution in [0.15, 0.2) is 22.8 Å². The number of allylic oxidation sites excluding steroid dienone is 4. The van der Waals surface area contributed by atoms with E-state index in [0.717, 1.165) is 32.3 Å². The Labute approximate surface area is 190 Å². The van der Waals surface area contributed by atoms with Crippen molar-refractivity contribution in [3.63, 3.8) is 0 Å². The molecule has 0 bridgehead atoms. The van der Waals surface area contributed by atoms with Crippen molar-refractivity contribution >= 4 is 34.3 Å². The van der Waals surface area contributed by atoms with E-state index in [-0.39, 0.29) is 11.5 Å². The summed E-state index contributed by atoms with van der Waals surface area (Å²) in [6.45, 7) is 3.85. The van der Waals surface area contributed by atoms with Crippen LogP contribution in [0.2, 0.25) is 0 Å². The number of aliphatic hydroxyl groups excluding tert-OH is 1. The first-order valence-electron chi connectivity index (χ1n) is 11.7. The molecule has 6 atom stereocenters. The maximum absolute atomic E-state index is 12.0. The number of ketones is 1. The van der Waals surface area contributed by atoms with Crippen LogP contribution < -0.4 is 0 Å². The first-order valence-corrected chi connectivity index (χ1v) is 15.7. The molecule has 4 rings (SSSR count). The van der Waals surface area contributed by atoms with E-state index in [1.165, 1.54) is 50.5 Å². The Balaban J connectivity index is 1.51. The van der Waals surface area contributed by atoms with E-state index in [4.69, 9.17) is 4.52 Å². The zero-order chi connectivity index (χ0) is 20.4. The van der Waals surface area contributed by atoms with E-state index in [9.17, 15) is 9.90 Å². The Kier molecular flexibility index (Phi) is 7.57. The summed E-state index contributed by atoms with van der Waals surface area (Å²) in [5, 5.41) is 10.9. The molecule has 4 aliphatic carbocycles. The van der Waals surface area contributed by atoms with Crippen molar-refractivity contribution in [1.82, 2.24) is 0 Å². The van der Waals surface area contributed by atoms with Gasteiger partial charge in [0.15, 0.2) is 5.78 Å². The summed E-state index contributed by atoms with van der Waals surface area (Å²) in [7, 11) is 0. The highest BCUT2D eigenvalue weighted by atomic mass is 127. The molecule has 2 saturated carbocycles. The molecule has 2 fully saturated rings. The van der Waals surface area contributed by atoms with Gasteiger partial charge in [-0.05, 0) is 114 Å². The van der Waals surface area contributed by atoms with Crippen LogP contribution in [0, 0.1) is 23.2 Å².